The summed E-state index contributed by atoms with van der Waals surface area (Å²) in [6.07, 6.45) is 0. The summed E-state index contributed by atoms with van der Waals surface area (Å²) in [5, 5.41) is 5.96. The number of nitrogens with zero attached hydrogens (tertiary/aromatic N) is 2. The Morgan fingerprint density at radius 2 is 2.00 bits per heavy atom. The lowest BCUT2D eigenvalue weighted by molar-refractivity contribution is -0.113. The molecule has 0 saturated carbocycles. The van der Waals surface area contributed by atoms with E-state index in [1.165, 1.54) is 11.8 Å². The lowest BCUT2D eigenvalue weighted by Crippen LogP contribution is -2.19. The molecule has 3 aromatic rings. The highest BCUT2D eigenvalue weighted by molar-refractivity contribution is 8.00. The normalized spacial score (nSPS) is 13.0. The molecule has 124 valence electrons. The molecule has 0 atom stereocenters. The van der Waals surface area contributed by atoms with Crippen molar-refractivity contribution in [3.05, 3.63) is 54.1 Å². The largest absolute Gasteiger partial charge is 0.324 e. The summed E-state index contributed by atoms with van der Waals surface area (Å²) in [7, 11) is 0. The van der Waals surface area contributed by atoms with E-state index in [2.05, 4.69) is 20.0 Å². The van der Waals surface area contributed by atoms with Crippen molar-refractivity contribution in [1.82, 2.24) is 9.36 Å². The molecule has 0 saturated heterocycles. The lowest BCUT2D eigenvalue weighted by Gasteiger charge is -2.16. The Bertz CT molecular complexity index is 956. The van der Waals surface area contributed by atoms with Gasteiger partial charge in [-0.3, -0.25) is 14.9 Å². The molecule has 0 aliphatic carbocycles. The van der Waals surface area contributed by atoms with Crippen molar-refractivity contribution in [3.8, 4) is 11.4 Å². The fourth-order valence-corrected chi connectivity index (χ4v) is 3.75. The van der Waals surface area contributed by atoms with Crippen molar-refractivity contribution in [1.29, 1.82) is 0 Å². The van der Waals surface area contributed by atoms with E-state index in [1.807, 2.05) is 36.4 Å². The second kappa shape index (κ2) is 6.66. The zero-order chi connectivity index (χ0) is 17.2. The average Bonchev–Trinajstić information content (AvgIpc) is 3.10. The Labute approximate surface area is 151 Å². The summed E-state index contributed by atoms with van der Waals surface area (Å²) < 4.78 is 4.27. The first-order valence-electron chi connectivity index (χ1n) is 7.46. The molecule has 8 heteroatoms. The number of amides is 2. The summed E-state index contributed by atoms with van der Waals surface area (Å²) in [4.78, 5) is 29.2. The van der Waals surface area contributed by atoms with Gasteiger partial charge >= 0.3 is 0 Å². The predicted molar refractivity (Wildman–Crippen MR) is 99.1 cm³/mol. The van der Waals surface area contributed by atoms with Crippen LogP contribution in [0.5, 0.6) is 0 Å². The molecule has 4 rings (SSSR count). The topological polar surface area (TPSA) is 84.0 Å². The van der Waals surface area contributed by atoms with Gasteiger partial charge in [0.2, 0.25) is 11.0 Å². The maximum Gasteiger partial charge on any atom is 0.257 e. The molecule has 1 aromatic heterocycles. The van der Waals surface area contributed by atoms with Crippen LogP contribution >= 0.6 is 23.3 Å². The average molecular weight is 368 g/mol. The van der Waals surface area contributed by atoms with Gasteiger partial charge in [-0.1, -0.05) is 30.3 Å². The van der Waals surface area contributed by atoms with Crippen LogP contribution in [0.3, 0.4) is 0 Å². The van der Waals surface area contributed by atoms with Crippen molar-refractivity contribution < 1.29 is 9.59 Å². The third kappa shape index (κ3) is 3.40. The fraction of sp³-hybridized carbons (Fsp3) is 0.0588. The number of carbonyl (C=O) groups excluding carboxylic acids is 2. The van der Waals surface area contributed by atoms with Crippen molar-refractivity contribution in [2.45, 2.75) is 4.90 Å². The van der Waals surface area contributed by atoms with Crippen LogP contribution in [0, 0.1) is 0 Å². The number of nitrogens with one attached hydrogen (secondary N) is 2. The van der Waals surface area contributed by atoms with Gasteiger partial charge < -0.3 is 5.32 Å². The van der Waals surface area contributed by atoms with E-state index < -0.39 is 0 Å². The van der Waals surface area contributed by atoms with E-state index in [-0.39, 0.29) is 11.8 Å². The minimum absolute atomic E-state index is 0.0633. The van der Waals surface area contributed by atoms with Crippen molar-refractivity contribution in [2.75, 3.05) is 16.4 Å². The molecule has 2 amide bonds. The van der Waals surface area contributed by atoms with Crippen LogP contribution in [0.25, 0.3) is 11.4 Å². The molecule has 1 aliphatic rings. The smallest absolute Gasteiger partial charge is 0.257 e. The SMILES string of the molecule is O=C1CSc2ccc(C(=O)Nc3nc(-c4ccccc4)ns3)cc2N1. The number of benzene rings is 2. The van der Waals surface area contributed by atoms with Crippen LogP contribution in [0.1, 0.15) is 10.4 Å². The number of rotatable bonds is 3. The van der Waals surface area contributed by atoms with Gasteiger partial charge in [0.05, 0.1) is 11.4 Å². The first-order valence-corrected chi connectivity index (χ1v) is 9.22. The number of anilines is 2. The van der Waals surface area contributed by atoms with Crippen molar-refractivity contribution in [3.63, 3.8) is 0 Å². The Hall–Kier alpha value is -2.71. The number of thioether (sulfide) groups is 1. The number of carbonyl (C=O) groups is 2. The van der Waals surface area contributed by atoms with Crippen molar-refractivity contribution >= 4 is 45.9 Å². The molecule has 0 unspecified atom stereocenters. The number of hydrogen-bond acceptors (Lipinski definition) is 6. The molecule has 1 aliphatic heterocycles. The van der Waals surface area contributed by atoms with Gasteiger partial charge in [0, 0.05) is 27.6 Å². The third-order valence-electron chi connectivity index (χ3n) is 3.55. The molecular weight excluding hydrogens is 356 g/mol. The molecule has 25 heavy (non-hydrogen) atoms. The minimum Gasteiger partial charge on any atom is -0.324 e. The molecule has 0 radical (unpaired) electrons. The summed E-state index contributed by atoms with van der Waals surface area (Å²) in [6.45, 7) is 0. The monoisotopic (exact) mass is 368 g/mol. The molecule has 2 heterocycles. The van der Waals surface area contributed by atoms with E-state index in [0.29, 0.717) is 28.0 Å². The Morgan fingerprint density at radius 3 is 2.84 bits per heavy atom. The van der Waals surface area contributed by atoms with Gasteiger partial charge in [-0.25, -0.2) is 0 Å². The van der Waals surface area contributed by atoms with E-state index in [9.17, 15) is 9.59 Å². The number of fused-ring (bicyclic) bond motifs is 1. The van der Waals surface area contributed by atoms with Gasteiger partial charge in [0.25, 0.3) is 5.91 Å². The summed E-state index contributed by atoms with van der Waals surface area (Å²) >= 11 is 2.59. The van der Waals surface area contributed by atoms with Crippen molar-refractivity contribution in [2.24, 2.45) is 0 Å². The zero-order valence-electron chi connectivity index (χ0n) is 12.9. The van der Waals surface area contributed by atoms with Crippen LogP contribution in [-0.2, 0) is 4.79 Å². The van der Waals surface area contributed by atoms with E-state index in [1.54, 1.807) is 12.1 Å². The molecule has 0 fully saturated rings. The first-order chi connectivity index (χ1) is 12.2. The van der Waals surface area contributed by atoms with Crippen LogP contribution in [-0.4, -0.2) is 26.9 Å². The highest BCUT2D eigenvalue weighted by Crippen LogP contribution is 2.32. The van der Waals surface area contributed by atoms with Crippen LogP contribution < -0.4 is 10.6 Å². The van der Waals surface area contributed by atoms with E-state index in [0.717, 1.165) is 22.0 Å². The summed E-state index contributed by atoms with van der Waals surface area (Å²) in [5.74, 6) is 0.621. The Kier molecular flexibility index (Phi) is 4.21. The summed E-state index contributed by atoms with van der Waals surface area (Å²) in [5.41, 5.74) is 2.02. The molecule has 2 N–H and O–H groups in total. The summed E-state index contributed by atoms with van der Waals surface area (Å²) in [6, 6.07) is 14.8. The molecule has 0 bridgehead atoms. The highest BCUT2D eigenvalue weighted by Gasteiger charge is 2.18. The maximum absolute atomic E-state index is 12.4. The lowest BCUT2D eigenvalue weighted by atomic mass is 10.2. The first kappa shape index (κ1) is 15.8. The third-order valence-corrected chi connectivity index (χ3v) is 5.26. The van der Waals surface area contributed by atoms with Gasteiger partial charge in [0.1, 0.15) is 0 Å². The quantitative estimate of drug-likeness (QED) is 0.739. The Morgan fingerprint density at radius 1 is 1.16 bits per heavy atom. The molecule has 2 aromatic carbocycles. The van der Waals surface area contributed by atoms with Gasteiger partial charge in [-0.2, -0.15) is 9.36 Å². The molecule has 6 nitrogen and oxygen atoms in total. The Balaban J connectivity index is 1.52. The number of hydrogen-bond donors (Lipinski definition) is 2. The predicted octanol–water partition coefficient (Wildman–Crippen LogP) is 3.50. The standard InChI is InChI=1S/C17H12N4O2S2/c22-14-9-24-13-7-6-11(8-12(13)18-14)16(23)20-17-19-15(21-25-17)10-4-2-1-3-5-10/h1-8H,9H2,(H,18,22)(H,19,20,21,23). The molecular formula is C17H12N4O2S2. The molecule has 0 spiro atoms. The zero-order valence-corrected chi connectivity index (χ0v) is 14.5. The van der Waals surface area contributed by atoms with Crippen LogP contribution in [0.2, 0.25) is 0 Å². The van der Waals surface area contributed by atoms with Gasteiger partial charge in [-0.05, 0) is 18.2 Å². The van der Waals surface area contributed by atoms with Crippen LogP contribution in [0.4, 0.5) is 10.8 Å². The van der Waals surface area contributed by atoms with E-state index >= 15 is 0 Å². The van der Waals surface area contributed by atoms with E-state index in [4.69, 9.17) is 0 Å². The maximum atomic E-state index is 12.4. The fourth-order valence-electron chi connectivity index (χ4n) is 2.37. The second-order valence-electron chi connectivity index (χ2n) is 5.29. The second-order valence-corrected chi connectivity index (χ2v) is 7.06. The van der Waals surface area contributed by atoms with Gasteiger partial charge in [-0.15, -0.1) is 11.8 Å². The highest BCUT2D eigenvalue weighted by atomic mass is 32.2. The minimum atomic E-state index is -0.289. The van der Waals surface area contributed by atoms with Crippen LogP contribution in [0.15, 0.2) is 53.4 Å². The van der Waals surface area contributed by atoms with Gasteiger partial charge in [0.15, 0.2) is 5.82 Å². The number of aromatic nitrogens is 2.